The van der Waals surface area contributed by atoms with Crippen molar-refractivity contribution in [2.24, 2.45) is 0 Å². The summed E-state index contributed by atoms with van der Waals surface area (Å²) in [5, 5.41) is 9.60. The van der Waals surface area contributed by atoms with Gasteiger partial charge >= 0.3 is 0 Å². The van der Waals surface area contributed by atoms with Crippen LogP contribution >= 0.6 is 11.3 Å². The molecule has 0 bridgehead atoms. The van der Waals surface area contributed by atoms with E-state index in [0.29, 0.717) is 6.42 Å². The molecule has 2 heterocycles. The van der Waals surface area contributed by atoms with Crippen molar-refractivity contribution < 1.29 is 4.79 Å². The van der Waals surface area contributed by atoms with E-state index in [9.17, 15) is 4.79 Å². The lowest BCUT2D eigenvalue weighted by molar-refractivity contribution is 0.0992. The summed E-state index contributed by atoms with van der Waals surface area (Å²) in [6, 6.07) is 8.09. The Morgan fingerprint density at radius 1 is 1.30 bits per heavy atom. The van der Waals surface area contributed by atoms with Gasteiger partial charge < -0.3 is 0 Å². The second-order valence-electron chi connectivity index (χ2n) is 4.85. The third kappa shape index (κ3) is 2.16. The number of Topliss-reactive ketones (excluding diaryl/α,β-unsaturated/α-hetero) is 1. The molecule has 3 nitrogen and oxygen atoms in total. The Labute approximate surface area is 121 Å². The molecule has 2 aromatic heterocycles. The third-order valence-corrected chi connectivity index (χ3v) is 4.38. The van der Waals surface area contributed by atoms with Crippen molar-refractivity contribution in [2.45, 2.75) is 26.8 Å². The van der Waals surface area contributed by atoms with Crippen molar-refractivity contribution in [2.75, 3.05) is 0 Å². The van der Waals surface area contributed by atoms with Crippen molar-refractivity contribution >= 4 is 28.0 Å². The zero-order chi connectivity index (χ0) is 14.1. The number of ketones is 1. The van der Waals surface area contributed by atoms with Crippen LogP contribution in [0.5, 0.6) is 0 Å². The molecule has 102 valence electrons. The zero-order valence-electron chi connectivity index (χ0n) is 11.6. The fourth-order valence-corrected chi connectivity index (χ4v) is 3.31. The summed E-state index contributed by atoms with van der Waals surface area (Å²) in [4.78, 5) is 12.4. The maximum Gasteiger partial charge on any atom is 0.170 e. The fourth-order valence-electron chi connectivity index (χ4n) is 2.46. The van der Waals surface area contributed by atoms with Crippen molar-refractivity contribution in [3.8, 4) is 0 Å². The normalized spacial score (nSPS) is 11.1. The number of nitrogens with zero attached hydrogens (tertiary/aromatic N) is 2. The first kappa shape index (κ1) is 13.1. The minimum Gasteiger partial charge on any atom is -0.294 e. The molecule has 20 heavy (non-hydrogen) atoms. The summed E-state index contributed by atoms with van der Waals surface area (Å²) in [5.74, 6) is 0.148. The van der Waals surface area contributed by atoms with Crippen LogP contribution in [0.3, 0.4) is 0 Å². The van der Waals surface area contributed by atoms with Gasteiger partial charge in [0.15, 0.2) is 5.78 Å². The van der Waals surface area contributed by atoms with E-state index in [-0.39, 0.29) is 5.78 Å². The van der Waals surface area contributed by atoms with E-state index in [0.717, 1.165) is 34.3 Å². The highest BCUT2D eigenvalue weighted by molar-refractivity contribution is 7.08. The molecule has 3 rings (SSSR count). The van der Waals surface area contributed by atoms with E-state index in [1.54, 1.807) is 11.3 Å². The Kier molecular flexibility index (Phi) is 3.40. The summed E-state index contributed by atoms with van der Waals surface area (Å²) in [7, 11) is 0. The van der Waals surface area contributed by atoms with Gasteiger partial charge in [-0.3, -0.25) is 9.48 Å². The molecular formula is C16H16N2OS. The maximum atomic E-state index is 12.4. The number of aromatic nitrogens is 2. The third-order valence-electron chi connectivity index (χ3n) is 3.52. The first-order valence-corrected chi connectivity index (χ1v) is 7.65. The quantitative estimate of drug-likeness (QED) is 0.682. The number of benzene rings is 1. The Morgan fingerprint density at radius 3 is 2.80 bits per heavy atom. The number of thiophene rings is 1. The van der Waals surface area contributed by atoms with Crippen LogP contribution in [0.25, 0.3) is 10.9 Å². The maximum absolute atomic E-state index is 12.4. The summed E-state index contributed by atoms with van der Waals surface area (Å²) in [6.07, 6.45) is 0.366. The van der Waals surface area contributed by atoms with Crippen LogP contribution in [0.4, 0.5) is 0 Å². The van der Waals surface area contributed by atoms with Crippen LogP contribution in [0.15, 0.2) is 35.0 Å². The first-order chi connectivity index (χ1) is 9.70. The summed E-state index contributed by atoms with van der Waals surface area (Å²) >= 11 is 1.57. The highest BCUT2D eigenvalue weighted by atomic mass is 32.1. The molecule has 0 radical (unpaired) electrons. The lowest BCUT2D eigenvalue weighted by Gasteiger charge is -1.98. The lowest BCUT2D eigenvalue weighted by atomic mass is 10.0. The smallest absolute Gasteiger partial charge is 0.170 e. The molecule has 0 aliphatic heterocycles. The molecule has 0 saturated carbocycles. The lowest BCUT2D eigenvalue weighted by Crippen LogP contribution is -2.05. The van der Waals surface area contributed by atoms with E-state index < -0.39 is 0 Å². The average Bonchev–Trinajstić information content (AvgIpc) is 3.03. The van der Waals surface area contributed by atoms with Crippen LogP contribution in [-0.4, -0.2) is 15.6 Å². The molecule has 0 aliphatic carbocycles. The predicted octanol–water partition coefficient (Wildman–Crippen LogP) is 3.85. The molecule has 0 aliphatic rings. The molecule has 4 heteroatoms. The minimum atomic E-state index is 0.148. The van der Waals surface area contributed by atoms with Crippen LogP contribution in [0, 0.1) is 6.92 Å². The van der Waals surface area contributed by atoms with Gasteiger partial charge in [-0.2, -0.15) is 16.4 Å². The molecule has 3 aromatic rings. The predicted molar refractivity (Wildman–Crippen MR) is 82.5 cm³/mol. The number of fused-ring (bicyclic) bond motifs is 1. The molecule has 0 fully saturated rings. The Hall–Kier alpha value is -1.94. The Balaban J connectivity index is 1.99. The number of carbonyl (C=O) groups excluding carboxylic acids is 1. The number of hydrogen-bond donors (Lipinski definition) is 0. The molecule has 0 atom stereocenters. The Morgan fingerprint density at radius 2 is 2.10 bits per heavy atom. The van der Waals surface area contributed by atoms with Gasteiger partial charge in [0.25, 0.3) is 0 Å². The summed E-state index contributed by atoms with van der Waals surface area (Å²) in [5.41, 5.74) is 3.85. The number of hydrogen-bond acceptors (Lipinski definition) is 3. The van der Waals surface area contributed by atoms with E-state index in [4.69, 9.17) is 0 Å². The second-order valence-corrected chi connectivity index (χ2v) is 5.59. The molecule has 0 amide bonds. The van der Waals surface area contributed by atoms with Gasteiger partial charge in [0.2, 0.25) is 0 Å². The molecule has 0 spiro atoms. The Bertz CT molecular complexity index is 770. The van der Waals surface area contributed by atoms with Crippen molar-refractivity contribution in [1.82, 2.24) is 9.78 Å². The van der Waals surface area contributed by atoms with Gasteiger partial charge in [-0.1, -0.05) is 18.2 Å². The number of rotatable bonds is 4. The van der Waals surface area contributed by atoms with Gasteiger partial charge in [0, 0.05) is 22.9 Å². The second kappa shape index (κ2) is 5.21. The van der Waals surface area contributed by atoms with Crippen LogP contribution < -0.4 is 0 Å². The van der Waals surface area contributed by atoms with Gasteiger partial charge in [-0.25, -0.2) is 0 Å². The topological polar surface area (TPSA) is 34.9 Å². The first-order valence-electron chi connectivity index (χ1n) is 6.71. The van der Waals surface area contributed by atoms with Gasteiger partial charge in [-0.05, 0) is 30.9 Å². The van der Waals surface area contributed by atoms with Crippen LogP contribution in [0.2, 0.25) is 0 Å². The van der Waals surface area contributed by atoms with Crippen molar-refractivity contribution in [3.05, 3.63) is 51.8 Å². The number of para-hydroxylation sites is 1. The molecule has 0 unspecified atom stereocenters. The highest BCUT2D eigenvalue weighted by Gasteiger charge is 2.16. The van der Waals surface area contributed by atoms with E-state index in [1.165, 1.54) is 0 Å². The van der Waals surface area contributed by atoms with Gasteiger partial charge in [0.05, 0.1) is 17.6 Å². The molecule has 0 N–H and O–H groups in total. The zero-order valence-corrected chi connectivity index (χ0v) is 12.4. The molecule has 0 saturated heterocycles. The van der Waals surface area contributed by atoms with E-state index in [2.05, 4.69) is 18.1 Å². The van der Waals surface area contributed by atoms with Crippen molar-refractivity contribution in [1.29, 1.82) is 0 Å². The minimum absolute atomic E-state index is 0.148. The van der Waals surface area contributed by atoms with Crippen molar-refractivity contribution in [3.63, 3.8) is 0 Å². The van der Waals surface area contributed by atoms with Gasteiger partial charge in [-0.15, -0.1) is 0 Å². The standard InChI is InChI=1S/C16H16N2OS/c1-3-18-15-7-5-4-6-12(15)14(17-18)8-16(19)13-10-20-9-11(13)2/h4-7,9-10H,3,8H2,1-2H3. The number of aryl methyl sites for hydroxylation is 2. The summed E-state index contributed by atoms with van der Waals surface area (Å²) in [6.45, 7) is 4.85. The monoisotopic (exact) mass is 284 g/mol. The largest absolute Gasteiger partial charge is 0.294 e. The van der Waals surface area contributed by atoms with Gasteiger partial charge in [0.1, 0.15) is 0 Å². The van der Waals surface area contributed by atoms with E-state index in [1.807, 2.05) is 40.6 Å². The molecular weight excluding hydrogens is 268 g/mol. The SMILES string of the molecule is CCn1nc(CC(=O)c2cscc2C)c2ccccc21. The fraction of sp³-hybridized carbons (Fsp3) is 0.250. The average molecular weight is 284 g/mol. The number of carbonyl (C=O) groups is 1. The summed E-state index contributed by atoms with van der Waals surface area (Å²) < 4.78 is 1.96. The van der Waals surface area contributed by atoms with Crippen LogP contribution in [-0.2, 0) is 13.0 Å². The van der Waals surface area contributed by atoms with E-state index >= 15 is 0 Å². The van der Waals surface area contributed by atoms with Crippen LogP contribution in [0.1, 0.15) is 28.5 Å². The molecule has 1 aromatic carbocycles. The highest BCUT2D eigenvalue weighted by Crippen LogP contribution is 2.21.